The highest BCUT2D eigenvalue weighted by molar-refractivity contribution is 6.11. The van der Waals surface area contributed by atoms with Crippen LogP contribution in [-0.4, -0.2) is 64.8 Å². The SMILES string of the molecule is C=CC(=O)OC(COC)COc1c2ccccc2c(OCC(COC)OC(=O)C=C)c2cc(C)ccc12. The van der Waals surface area contributed by atoms with Crippen LogP contribution in [0.2, 0.25) is 0 Å². The van der Waals surface area contributed by atoms with Gasteiger partial charge in [0.05, 0.1) is 13.2 Å². The van der Waals surface area contributed by atoms with Crippen LogP contribution in [0.5, 0.6) is 11.5 Å². The van der Waals surface area contributed by atoms with Gasteiger partial charge >= 0.3 is 11.9 Å². The van der Waals surface area contributed by atoms with Gasteiger partial charge in [0.25, 0.3) is 0 Å². The minimum atomic E-state index is -0.626. The van der Waals surface area contributed by atoms with Crippen LogP contribution >= 0.6 is 0 Å². The average Bonchev–Trinajstić information content (AvgIpc) is 2.90. The highest BCUT2D eigenvalue weighted by atomic mass is 16.6. The smallest absolute Gasteiger partial charge is 0.330 e. The molecular weight excluding hydrogens is 476 g/mol. The molecule has 0 aliphatic rings. The summed E-state index contributed by atoms with van der Waals surface area (Å²) in [5, 5.41) is 3.27. The van der Waals surface area contributed by atoms with Gasteiger partial charge < -0.3 is 28.4 Å². The molecule has 0 aromatic heterocycles. The molecule has 196 valence electrons. The molecule has 8 nitrogen and oxygen atoms in total. The molecular formula is C29H32O8. The largest absolute Gasteiger partial charge is 0.488 e. The van der Waals surface area contributed by atoms with Crippen LogP contribution in [0.4, 0.5) is 0 Å². The lowest BCUT2D eigenvalue weighted by molar-refractivity contribution is -0.148. The van der Waals surface area contributed by atoms with Crippen LogP contribution in [0.25, 0.3) is 21.5 Å². The van der Waals surface area contributed by atoms with E-state index in [1.165, 1.54) is 14.2 Å². The lowest BCUT2D eigenvalue weighted by Gasteiger charge is -2.22. The quantitative estimate of drug-likeness (QED) is 0.178. The van der Waals surface area contributed by atoms with Gasteiger partial charge in [-0.25, -0.2) is 9.59 Å². The third kappa shape index (κ3) is 7.09. The normalized spacial score (nSPS) is 12.5. The number of rotatable bonds is 14. The summed E-state index contributed by atoms with van der Waals surface area (Å²) in [6, 6.07) is 13.6. The van der Waals surface area contributed by atoms with Crippen molar-refractivity contribution >= 4 is 33.5 Å². The molecule has 2 unspecified atom stereocenters. The summed E-state index contributed by atoms with van der Waals surface area (Å²) in [4.78, 5) is 23.5. The van der Waals surface area contributed by atoms with Crippen LogP contribution in [0.1, 0.15) is 5.56 Å². The van der Waals surface area contributed by atoms with Crippen LogP contribution in [0.15, 0.2) is 67.8 Å². The lowest BCUT2D eigenvalue weighted by Crippen LogP contribution is -2.29. The zero-order valence-corrected chi connectivity index (χ0v) is 21.4. The van der Waals surface area contributed by atoms with E-state index >= 15 is 0 Å². The molecule has 0 N–H and O–H groups in total. The van der Waals surface area contributed by atoms with Gasteiger partial charge in [0, 0.05) is 47.9 Å². The van der Waals surface area contributed by atoms with E-state index in [-0.39, 0.29) is 26.4 Å². The van der Waals surface area contributed by atoms with E-state index in [2.05, 4.69) is 13.2 Å². The second-order valence-corrected chi connectivity index (χ2v) is 8.31. The molecule has 0 aliphatic heterocycles. The second kappa shape index (κ2) is 13.4. The molecule has 0 amide bonds. The average molecular weight is 509 g/mol. The van der Waals surface area contributed by atoms with E-state index in [4.69, 9.17) is 28.4 Å². The Morgan fingerprint density at radius 3 is 1.65 bits per heavy atom. The number of ether oxygens (including phenoxy) is 6. The standard InChI is InChI=1S/C29H32O8/c1-6-26(30)36-20(15-32-4)17-34-28-22-10-8-9-11-23(22)29(25-14-19(3)12-13-24(25)28)35-18-21(16-33-5)37-27(31)7-2/h6-14,20-21H,1-2,15-18H2,3-5H3. The molecule has 37 heavy (non-hydrogen) atoms. The van der Waals surface area contributed by atoms with Crippen molar-refractivity contribution in [2.24, 2.45) is 0 Å². The molecule has 0 fully saturated rings. The molecule has 0 bridgehead atoms. The second-order valence-electron chi connectivity index (χ2n) is 8.31. The Labute approximate surface area is 216 Å². The summed E-state index contributed by atoms with van der Waals surface area (Å²) >= 11 is 0. The first-order valence-electron chi connectivity index (χ1n) is 11.8. The van der Waals surface area contributed by atoms with E-state index in [0.29, 0.717) is 11.5 Å². The molecule has 3 rings (SSSR count). The summed E-state index contributed by atoms with van der Waals surface area (Å²) in [5.74, 6) is 0.148. The minimum Gasteiger partial charge on any atom is -0.488 e. The highest BCUT2D eigenvalue weighted by Crippen LogP contribution is 2.43. The molecule has 8 heteroatoms. The van der Waals surface area contributed by atoms with Gasteiger partial charge in [-0.3, -0.25) is 0 Å². The molecule has 0 saturated heterocycles. The molecule has 0 spiro atoms. The number of carbonyl (C=O) groups excluding carboxylic acids is 2. The highest BCUT2D eigenvalue weighted by Gasteiger charge is 2.21. The summed E-state index contributed by atoms with van der Waals surface area (Å²) in [7, 11) is 3.05. The maximum Gasteiger partial charge on any atom is 0.330 e. The maximum absolute atomic E-state index is 11.8. The predicted octanol–water partition coefficient (Wildman–Crippen LogP) is 4.55. The van der Waals surface area contributed by atoms with Gasteiger partial charge in [-0.05, 0) is 13.0 Å². The molecule has 0 radical (unpaired) electrons. The van der Waals surface area contributed by atoms with Crippen molar-refractivity contribution in [1.29, 1.82) is 0 Å². The Morgan fingerprint density at radius 1 is 0.730 bits per heavy atom. The fraction of sp³-hybridized carbons (Fsp3) is 0.310. The third-order valence-corrected chi connectivity index (χ3v) is 5.51. The topological polar surface area (TPSA) is 89.5 Å². The zero-order valence-electron chi connectivity index (χ0n) is 21.4. The van der Waals surface area contributed by atoms with E-state index in [0.717, 1.165) is 39.3 Å². The predicted molar refractivity (Wildman–Crippen MR) is 141 cm³/mol. The van der Waals surface area contributed by atoms with Crippen molar-refractivity contribution in [3.63, 3.8) is 0 Å². The third-order valence-electron chi connectivity index (χ3n) is 5.51. The molecule has 3 aromatic carbocycles. The van der Waals surface area contributed by atoms with Crippen LogP contribution in [-0.2, 0) is 28.5 Å². The lowest BCUT2D eigenvalue weighted by atomic mass is 9.99. The van der Waals surface area contributed by atoms with Gasteiger partial charge in [0.15, 0.2) is 12.2 Å². The number of hydrogen-bond donors (Lipinski definition) is 0. The minimum absolute atomic E-state index is 0.0774. The van der Waals surface area contributed by atoms with Crippen LogP contribution in [0.3, 0.4) is 0 Å². The summed E-state index contributed by atoms with van der Waals surface area (Å²) in [5.41, 5.74) is 1.03. The Kier molecular flexibility index (Phi) is 10.1. The van der Waals surface area contributed by atoms with Crippen LogP contribution < -0.4 is 9.47 Å². The zero-order chi connectivity index (χ0) is 26.8. The fourth-order valence-corrected chi connectivity index (χ4v) is 3.91. The Bertz CT molecular complexity index is 1270. The Balaban J connectivity index is 2.03. The summed E-state index contributed by atoms with van der Waals surface area (Å²) in [6.45, 7) is 9.36. The Hall–Kier alpha value is -3.88. The molecule has 0 saturated carbocycles. The fourth-order valence-electron chi connectivity index (χ4n) is 3.91. The summed E-state index contributed by atoms with van der Waals surface area (Å²) in [6.07, 6.45) is 0.955. The number of esters is 2. The van der Waals surface area contributed by atoms with E-state index in [1.54, 1.807) is 0 Å². The first-order valence-corrected chi connectivity index (χ1v) is 11.8. The number of carbonyl (C=O) groups is 2. The van der Waals surface area contributed by atoms with Crippen molar-refractivity contribution in [2.45, 2.75) is 19.1 Å². The van der Waals surface area contributed by atoms with Gasteiger partial charge in [0.2, 0.25) is 0 Å². The van der Waals surface area contributed by atoms with Crippen molar-refractivity contribution in [2.75, 3.05) is 40.6 Å². The first kappa shape index (κ1) is 27.7. The van der Waals surface area contributed by atoms with Gasteiger partial charge in [0.1, 0.15) is 24.7 Å². The maximum atomic E-state index is 11.8. The number of benzene rings is 3. The molecule has 0 heterocycles. The van der Waals surface area contributed by atoms with Crippen molar-refractivity contribution < 1.29 is 38.0 Å². The van der Waals surface area contributed by atoms with E-state index in [9.17, 15) is 9.59 Å². The number of methoxy groups -OCH3 is 2. The number of hydrogen-bond acceptors (Lipinski definition) is 8. The van der Waals surface area contributed by atoms with Gasteiger partial charge in [-0.2, -0.15) is 0 Å². The first-order chi connectivity index (χ1) is 17.9. The van der Waals surface area contributed by atoms with Crippen molar-refractivity contribution in [3.05, 3.63) is 73.3 Å². The molecule has 3 aromatic rings. The van der Waals surface area contributed by atoms with Crippen molar-refractivity contribution in [3.8, 4) is 11.5 Å². The van der Waals surface area contributed by atoms with Gasteiger partial charge in [-0.1, -0.05) is 55.1 Å². The Morgan fingerprint density at radius 2 is 1.19 bits per heavy atom. The summed E-state index contributed by atoms with van der Waals surface area (Å²) < 4.78 is 33.7. The molecule has 0 aliphatic carbocycles. The van der Waals surface area contributed by atoms with E-state index < -0.39 is 24.1 Å². The monoisotopic (exact) mass is 508 g/mol. The van der Waals surface area contributed by atoms with Crippen LogP contribution in [0, 0.1) is 6.92 Å². The van der Waals surface area contributed by atoms with Crippen molar-refractivity contribution in [1.82, 2.24) is 0 Å². The van der Waals surface area contributed by atoms with Gasteiger partial charge in [-0.15, -0.1) is 0 Å². The van der Waals surface area contributed by atoms with E-state index in [1.807, 2.05) is 49.4 Å². The number of fused-ring (bicyclic) bond motifs is 2. The number of aryl methyl sites for hydroxylation is 1. The molecule has 2 atom stereocenters.